The number of halogens is 1. The SMILES string of the molecule is Cc1cccc(C(=CBr)OCC(C)(C)C)c1. The Hall–Kier alpha value is -0.760. The van der Waals surface area contributed by atoms with E-state index in [2.05, 4.69) is 61.8 Å². The quantitative estimate of drug-likeness (QED) is 0.727. The van der Waals surface area contributed by atoms with E-state index in [-0.39, 0.29) is 5.41 Å². The Kier molecular flexibility index (Phi) is 4.60. The van der Waals surface area contributed by atoms with Crippen LogP contribution in [0.1, 0.15) is 31.9 Å². The Morgan fingerprint density at radius 2 is 2.06 bits per heavy atom. The van der Waals surface area contributed by atoms with E-state index in [9.17, 15) is 0 Å². The summed E-state index contributed by atoms with van der Waals surface area (Å²) < 4.78 is 5.81. The second kappa shape index (κ2) is 5.53. The third-order valence-corrected chi connectivity index (χ3v) is 2.48. The average molecular weight is 283 g/mol. The molecular weight excluding hydrogens is 264 g/mol. The molecule has 2 heteroatoms. The molecule has 88 valence electrons. The number of ether oxygens (including phenoxy) is 1. The smallest absolute Gasteiger partial charge is 0.133 e. The van der Waals surface area contributed by atoms with Crippen LogP contribution in [0.15, 0.2) is 29.3 Å². The third-order valence-electron chi connectivity index (χ3n) is 2.06. The van der Waals surface area contributed by atoms with E-state index >= 15 is 0 Å². The molecule has 0 heterocycles. The zero-order chi connectivity index (χ0) is 12.2. The molecule has 0 aliphatic carbocycles. The number of rotatable bonds is 3. The number of aryl methyl sites for hydroxylation is 1. The molecule has 0 aromatic heterocycles. The molecule has 0 aliphatic heterocycles. The van der Waals surface area contributed by atoms with Crippen molar-refractivity contribution < 1.29 is 4.74 Å². The lowest BCUT2D eigenvalue weighted by Gasteiger charge is -2.20. The summed E-state index contributed by atoms with van der Waals surface area (Å²) in [4.78, 5) is 1.84. The van der Waals surface area contributed by atoms with E-state index in [1.54, 1.807) is 0 Å². The van der Waals surface area contributed by atoms with Gasteiger partial charge in [-0.05, 0) is 18.4 Å². The third kappa shape index (κ3) is 4.40. The maximum absolute atomic E-state index is 5.81. The van der Waals surface area contributed by atoms with E-state index in [0.717, 1.165) is 11.3 Å². The van der Waals surface area contributed by atoms with E-state index in [1.807, 2.05) is 11.1 Å². The minimum absolute atomic E-state index is 0.172. The average Bonchev–Trinajstić information content (AvgIpc) is 2.17. The number of hydrogen-bond donors (Lipinski definition) is 0. The molecule has 0 fully saturated rings. The highest BCUT2D eigenvalue weighted by Gasteiger charge is 2.12. The maximum atomic E-state index is 5.81. The van der Waals surface area contributed by atoms with E-state index in [4.69, 9.17) is 4.74 Å². The van der Waals surface area contributed by atoms with E-state index in [0.29, 0.717) is 6.61 Å². The second-order valence-electron chi connectivity index (χ2n) is 5.19. The minimum Gasteiger partial charge on any atom is -0.492 e. The van der Waals surface area contributed by atoms with Crippen LogP contribution in [0.4, 0.5) is 0 Å². The van der Waals surface area contributed by atoms with Gasteiger partial charge < -0.3 is 4.74 Å². The van der Waals surface area contributed by atoms with E-state index in [1.165, 1.54) is 5.56 Å². The highest BCUT2D eigenvalue weighted by molar-refractivity contribution is 9.11. The molecule has 0 unspecified atom stereocenters. The molecule has 1 aromatic rings. The molecule has 0 aliphatic rings. The highest BCUT2D eigenvalue weighted by Crippen LogP contribution is 2.22. The highest BCUT2D eigenvalue weighted by atomic mass is 79.9. The van der Waals surface area contributed by atoms with Crippen LogP contribution in [0.3, 0.4) is 0 Å². The normalized spacial score (nSPS) is 12.7. The first kappa shape index (κ1) is 13.3. The number of hydrogen-bond acceptors (Lipinski definition) is 1. The van der Waals surface area contributed by atoms with Gasteiger partial charge in [0.15, 0.2) is 0 Å². The summed E-state index contributed by atoms with van der Waals surface area (Å²) in [5, 5.41) is 0. The fourth-order valence-electron chi connectivity index (χ4n) is 1.27. The Balaban J connectivity index is 2.77. The Morgan fingerprint density at radius 3 is 2.56 bits per heavy atom. The maximum Gasteiger partial charge on any atom is 0.133 e. The van der Waals surface area contributed by atoms with Gasteiger partial charge in [0.05, 0.1) is 6.61 Å². The van der Waals surface area contributed by atoms with Gasteiger partial charge in [0.1, 0.15) is 5.76 Å². The fourth-order valence-corrected chi connectivity index (χ4v) is 1.67. The first-order valence-electron chi connectivity index (χ1n) is 5.42. The van der Waals surface area contributed by atoms with Crippen molar-refractivity contribution in [3.8, 4) is 0 Å². The lowest BCUT2D eigenvalue weighted by molar-refractivity contribution is 0.170. The largest absolute Gasteiger partial charge is 0.492 e. The summed E-state index contributed by atoms with van der Waals surface area (Å²) in [6, 6.07) is 8.30. The predicted molar refractivity (Wildman–Crippen MR) is 73.5 cm³/mol. The molecule has 16 heavy (non-hydrogen) atoms. The predicted octanol–water partition coefficient (Wildman–Crippen LogP) is 4.75. The lowest BCUT2D eigenvalue weighted by Crippen LogP contribution is -2.13. The van der Waals surface area contributed by atoms with Gasteiger partial charge in [0.25, 0.3) is 0 Å². The molecule has 0 N–H and O–H groups in total. The summed E-state index contributed by atoms with van der Waals surface area (Å²) >= 11 is 3.36. The minimum atomic E-state index is 0.172. The first-order valence-corrected chi connectivity index (χ1v) is 6.34. The van der Waals surface area contributed by atoms with Crippen LogP contribution in [-0.2, 0) is 4.74 Å². The summed E-state index contributed by atoms with van der Waals surface area (Å²) in [5.41, 5.74) is 2.52. The standard InChI is InChI=1S/C14H19BrO/c1-11-6-5-7-12(8-11)13(9-15)16-10-14(2,3)4/h5-9H,10H2,1-4H3. The molecule has 0 spiro atoms. The number of benzene rings is 1. The molecule has 1 nitrogen and oxygen atoms in total. The molecule has 1 rings (SSSR count). The summed E-state index contributed by atoms with van der Waals surface area (Å²) in [5.74, 6) is 0.888. The Bertz CT molecular complexity index is 375. The van der Waals surface area contributed by atoms with Crippen molar-refractivity contribution in [1.82, 2.24) is 0 Å². The van der Waals surface area contributed by atoms with Crippen molar-refractivity contribution in [1.29, 1.82) is 0 Å². The van der Waals surface area contributed by atoms with Crippen LogP contribution in [0.25, 0.3) is 5.76 Å². The second-order valence-corrected chi connectivity index (χ2v) is 5.65. The molecular formula is C14H19BrO. The fraction of sp³-hybridized carbons (Fsp3) is 0.429. The van der Waals surface area contributed by atoms with E-state index < -0.39 is 0 Å². The summed E-state index contributed by atoms with van der Waals surface area (Å²) in [6.07, 6.45) is 0. The zero-order valence-corrected chi connectivity index (χ0v) is 12.0. The topological polar surface area (TPSA) is 9.23 Å². The van der Waals surface area contributed by atoms with Crippen LogP contribution < -0.4 is 0 Å². The van der Waals surface area contributed by atoms with Crippen LogP contribution in [0, 0.1) is 12.3 Å². The van der Waals surface area contributed by atoms with Crippen molar-refractivity contribution >= 4 is 21.7 Å². The molecule has 0 amide bonds. The molecule has 0 radical (unpaired) electrons. The van der Waals surface area contributed by atoms with Crippen LogP contribution in [-0.4, -0.2) is 6.61 Å². The van der Waals surface area contributed by atoms with Crippen molar-refractivity contribution in [3.63, 3.8) is 0 Å². The molecule has 0 saturated carbocycles. The summed E-state index contributed by atoms with van der Waals surface area (Å²) in [7, 11) is 0. The van der Waals surface area contributed by atoms with Crippen LogP contribution >= 0.6 is 15.9 Å². The molecule has 1 aromatic carbocycles. The van der Waals surface area contributed by atoms with Crippen molar-refractivity contribution in [2.24, 2.45) is 5.41 Å². The van der Waals surface area contributed by atoms with Gasteiger partial charge in [-0.3, -0.25) is 0 Å². The molecule has 0 saturated heterocycles. The van der Waals surface area contributed by atoms with Gasteiger partial charge in [0.2, 0.25) is 0 Å². The van der Waals surface area contributed by atoms with Crippen LogP contribution in [0.2, 0.25) is 0 Å². The van der Waals surface area contributed by atoms with Gasteiger partial charge in [-0.15, -0.1) is 0 Å². The van der Waals surface area contributed by atoms with Crippen molar-refractivity contribution in [2.45, 2.75) is 27.7 Å². The lowest BCUT2D eigenvalue weighted by atomic mass is 9.98. The van der Waals surface area contributed by atoms with Gasteiger partial charge in [-0.1, -0.05) is 60.5 Å². The van der Waals surface area contributed by atoms with Gasteiger partial charge in [-0.25, -0.2) is 0 Å². The zero-order valence-electron chi connectivity index (χ0n) is 10.4. The molecule has 0 atom stereocenters. The Morgan fingerprint density at radius 1 is 1.38 bits per heavy atom. The van der Waals surface area contributed by atoms with Crippen LogP contribution in [0.5, 0.6) is 0 Å². The first-order chi connectivity index (χ1) is 7.42. The van der Waals surface area contributed by atoms with Gasteiger partial charge >= 0.3 is 0 Å². The summed E-state index contributed by atoms with van der Waals surface area (Å²) in [6.45, 7) is 9.27. The molecule has 0 bridgehead atoms. The van der Waals surface area contributed by atoms with Crippen molar-refractivity contribution in [3.05, 3.63) is 40.4 Å². The Labute approximate surface area is 107 Å². The van der Waals surface area contributed by atoms with Gasteiger partial charge in [0, 0.05) is 10.5 Å². The van der Waals surface area contributed by atoms with Crippen molar-refractivity contribution in [2.75, 3.05) is 6.61 Å². The van der Waals surface area contributed by atoms with Gasteiger partial charge in [-0.2, -0.15) is 0 Å². The monoisotopic (exact) mass is 282 g/mol.